The summed E-state index contributed by atoms with van der Waals surface area (Å²) < 4.78 is 0. The first kappa shape index (κ1) is 19.2. The van der Waals surface area contributed by atoms with Crippen LogP contribution in [0.5, 0.6) is 0 Å². The zero-order chi connectivity index (χ0) is 18.1. The van der Waals surface area contributed by atoms with Crippen LogP contribution >= 0.6 is 0 Å². The molecule has 1 aliphatic rings. The fourth-order valence-corrected chi connectivity index (χ4v) is 2.88. The van der Waals surface area contributed by atoms with E-state index in [9.17, 15) is 4.79 Å². The van der Waals surface area contributed by atoms with Crippen molar-refractivity contribution in [3.8, 4) is 0 Å². The van der Waals surface area contributed by atoms with Crippen molar-refractivity contribution in [2.75, 3.05) is 46.8 Å². The van der Waals surface area contributed by atoms with E-state index in [1.165, 1.54) is 11.1 Å². The number of nitrogens with zero attached hydrogens (tertiary/aromatic N) is 3. The van der Waals surface area contributed by atoms with Crippen LogP contribution < -0.4 is 10.6 Å². The molecule has 1 heterocycles. The number of fused-ring (bicyclic) bond motifs is 1. The molecule has 0 bridgehead atoms. The number of benzene rings is 1. The standard InChI is InChI=1S/C19H31N5O/c1-4-20-19(22-14-18(25)23(2)3)21-11-7-12-24-13-10-16-8-5-6-9-17(16)15-24/h5-6,8-9H,4,7,10-15H2,1-3H3,(H2,20,21,22). The van der Waals surface area contributed by atoms with Gasteiger partial charge in [-0.05, 0) is 30.9 Å². The van der Waals surface area contributed by atoms with Crippen molar-refractivity contribution in [1.29, 1.82) is 0 Å². The minimum absolute atomic E-state index is 0.00388. The van der Waals surface area contributed by atoms with Gasteiger partial charge < -0.3 is 15.5 Å². The number of guanidine groups is 1. The third-order valence-electron chi connectivity index (χ3n) is 4.37. The summed E-state index contributed by atoms with van der Waals surface area (Å²) in [6.45, 7) is 7.06. The smallest absolute Gasteiger partial charge is 0.243 e. The predicted octanol–water partition coefficient (Wildman–Crippen LogP) is 1.08. The monoisotopic (exact) mass is 345 g/mol. The molecule has 138 valence electrons. The molecule has 1 aliphatic heterocycles. The Morgan fingerprint density at radius 3 is 2.72 bits per heavy atom. The van der Waals surface area contributed by atoms with Crippen LogP contribution in [-0.2, 0) is 17.8 Å². The second-order valence-corrected chi connectivity index (χ2v) is 6.56. The first-order valence-electron chi connectivity index (χ1n) is 9.11. The summed E-state index contributed by atoms with van der Waals surface area (Å²) in [4.78, 5) is 20.0. The molecule has 0 spiro atoms. The average Bonchev–Trinajstić information content (AvgIpc) is 2.62. The van der Waals surface area contributed by atoms with Crippen molar-refractivity contribution in [3.63, 3.8) is 0 Å². The Morgan fingerprint density at radius 1 is 1.24 bits per heavy atom. The van der Waals surface area contributed by atoms with E-state index in [4.69, 9.17) is 0 Å². The average molecular weight is 345 g/mol. The van der Waals surface area contributed by atoms with E-state index in [1.54, 1.807) is 19.0 Å². The second-order valence-electron chi connectivity index (χ2n) is 6.56. The van der Waals surface area contributed by atoms with Gasteiger partial charge in [0, 0.05) is 46.8 Å². The van der Waals surface area contributed by atoms with Gasteiger partial charge in [-0.2, -0.15) is 0 Å². The van der Waals surface area contributed by atoms with Gasteiger partial charge in [0.2, 0.25) is 5.91 Å². The molecule has 0 radical (unpaired) electrons. The molecule has 2 rings (SSSR count). The van der Waals surface area contributed by atoms with Gasteiger partial charge in [0.15, 0.2) is 5.96 Å². The molecule has 0 saturated heterocycles. The maximum atomic E-state index is 11.6. The molecule has 0 unspecified atom stereocenters. The molecular weight excluding hydrogens is 314 g/mol. The number of carbonyl (C=O) groups excluding carboxylic acids is 1. The van der Waals surface area contributed by atoms with E-state index in [-0.39, 0.29) is 12.5 Å². The lowest BCUT2D eigenvalue weighted by molar-refractivity contribution is -0.127. The van der Waals surface area contributed by atoms with Crippen molar-refractivity contribution in [2.24, 2.45) is 4.99 Å². The summed E-state index contributed by atoms with van der Waals surface area (Å²) in [6.07, 6.45) is 2.19. The van der Waals surface area contributed by atoms with Gasteiger partial charge in [-0.25, -0.2) is 4.99 Å². The van der Waals surface area contributed by atoms with E-state index >= 15 is 0 Å². The van der Waals surface area contributed by atoms with Gasteiger partial charge in [-0.1, -0.05) is 24.3 Å². The highest BCUT2D eigenvalue weighted by Gasteiger charge is 2.14. The quantitative estimate of drug-likeness (QED) is 0.441. The highest BCUT2D eigenvalue weighted by Crippen LogP contribution is 2.18. The predicted molar refractivity (Wildman–Crippen MR) is 103 cm³/mol. The van der Waals surface area contributed by atoms with Crippen molar-refractivity contribution in [1.82, 2.24) is 20.4 Å². The normalized spacial score (nSPS) is 14.8. The van der Waals surface area contributed by atoms with Crippen LogP contribution in [0, 0.1) is 0 Å². The zero-order valence-electron chi connectivity index (χ0n) is 15.7. The third-order valence-corrected chi connectivity index (χ3v) is 4.37. The van der Waals surface area contributed by atoms with Crippen LogP contribution in [0.2, 0.25) is 0 Å². The maximum Gasteiger partial charge on any atom is 0.243 e. The zero-order valence-corrected chi connectivity index (χ0v) is 15.7. The van der Waals surface area contributed by atoms with Crippen molar-refractivity contribution in [2.45, 2.75) is 26.3 Å². The van der Waals surface area contributed by atoms with E-state index < -0.39 is 0 Å². The molecule has 0 atom stereocenters. The van der Waals surface area contributed by atoms with Gasteiger partial charge in [-0.15, -0.1) is 0 Å². The Labute approximate surface area is 151 Å². The van der Waals surface area contributed by atoms with Crippen molar-refractivity contribution < 1.29 is 4.79 Å². The molecular formula is C19H31N5O. The van der Waals surface area contributed by atoms with Crippen LogP contribution in [0.3, 0.4) is 0 Å². The molecule has 0 aromatic heterocycles. The number of likely N-dealkylation sites (N-methyl/N-ethyl adjacent to an activating group) is 1. The number of rotatable bonds is 7. The van der Waals surface area contributed by atoms with Gasteiger partial charge in [0.05, 0.1) is 0 Å². The first-order chi connectivity index (χ1) is 12.1. The minimum atomic E-state index is 0.00388. The van der Waals surface area contributed by atoms with E-state index in [0.29, 0.717) is 5.96 Å². The summed E-state index contributed by atoms with van der Waals surface area (Å²) in [5, 5.41) is 6.50. The summed E-state index contributed by atoms with van der Waals surface area (Å²) in [5.41, 5.74) is 2.95. The molecule has 1 aromatic rings. The SMILES string of the molecule is CCNC(=NCC(=O)N(C)C)NCCCN1CCc2ccccc2C1. The maximum absolute atomic E-state index is 11.6. The van der Waals surface area contributed by atoms with Crippen molar-refractivity contribution in [3.05, 3.63) is 35.4 Å². The number of amides is 1. The number of hydrogen-bond acceptors (Lipinski definition) is 3. The van der Waals surface area contributed by atoms with Crippen LogP contribution in [0.15, 0.2) is 29.3 Å². The number of hydrogen-bond donors (Lipinski definition) is 2. The van der Waals surface area contributed by atoms with Crippen LogP contribution in [-0.4, -0.2) is 68.5 Å². The summed E-state index contributed by atoms with van der Waals surface area (Å²) in [7, 11) is 3.49. The second kappa shape index (κ2) is 10.0. The fraction of sp³-hybridized carbons (Fsp3) is 0.579. The molecule has 2 N–H and O–H groups in total. The molecule has 6 nitrogen and oxygen atoms in total. The number of carbonyl (C=O) groups is 1. The summed E-state index contributed by atoms with van der Waals surface area (Å²) >= 11 is 0. The Morgan fingerprint density at radius 2 is 2.00 bits per heavy atom. The molecule has 0 fully saturated rings. The van der Waals surface area contributed by atoms with E-state index in [1.807, 2.05) is 6.92 Å². The lowest BCUT2D eigenvalue weighted by Crippen LogP contribution is -2.40. The third kappa shape index (κ3) is 6.38. The lowest BCUT2D eigenvalue weighted by Gasteiger charge is -2.28. The summed E-state index contributed by atoms with van der Waals surface area (Å²) in [5.74, 6) is 0.714. The Bertz CT molecular complexity index is 585. The van der Waals surface area contributed by atoms with Gasteiger partial charge >= 0.3 is 0 Å². The van der Waals surface area contributed by atoms with Gasteiger partial charge in [0.1, 0.15) is 6.54 Å². The highest BCUT2D eigenvalue weighted by atomic mass is 16.2. The van der Waals surface area contributed by atoms with Crippen molar-refractivity contribution >= 4 is 11.9 Å². The summed E-state index contributed by atoms with van der Waals surface area (Å²) in [6, 6.07) is 8.72. The van der Waals surface area contributed by atoms with Gasteiger partial charge in [0.25, 0.3) is 0 Å². The molecule has 25 heavy (non-hydrogen) atoms. The Kier molecular flexibility index (Phi) is 7.73. The molecule has 6 heteroatoms. The molecule has 0 saturated carbocycles. The van der Waals surface area contributed by atoms with E-state index in [2.05, 4.69) is 44.8 Å². The highest BCUT2D eigenvalue weighted by molar-refractivity contribution is 5.84. The molecule has 1 aromatic carbocycles. The number of aliphatic imine (C=N–C) groups is 1. The van der Waals surface area contributed by atoms with E-state index in [0.717, 1.165) is 45.6 Å². The molecule has 0 aliphatic carbocycles. The van der Waals surface area contributed by atoms with Gasteiger partial charge in [-0.3, -0.25) is 9.69 Å². The van der Waals surface area contributed by atoms with Crippen LogP contribution in [0.4, 0.5) is 0 Å². The first-order valence-corrected chi connectivity index (χ1v) is 9.11. The molecule has 1 amide bonds. The minimum Gasteiger partial charge on any atom is -0.357 e. The lowest BCUT2D eigenvalue weighted by atomic mass is 10.00. The topological polar surface area (TPSA) is 60.0 Å². The Balaban J connectivity index is 1.71. The van der Waals surface area contributed by atoms with Crippen LogP contribution in [0.1, 0.15) is 24.5 Å². The largest absolute Gasteiger partial charge is 0.357 e. The fourth-order valence-electron chi connectivity index (χ4n) is 2.88. The number of nitrogens with one attached hydrogen (secondary N) is 2. The Hall–Kier alpha value is -2.08. The van der Waals surface area contributed by atoms with Crippen LogP contribution in [0.25, 0.3) is 0 Å².